The van der Waals surface area contributed by atoms with E-state index in [-0.39, 0.29) is 18.4 Å². The predicted molar refractivity (Wildman–Crippen MR) is 81.0 cm³/mol. The number of benzene rings is 2. The number of hydrogen-bond donors (Lipinski definition) is 0. The molecule has 0 bridgehead atoms. The van der Waals surface area contributed by atoms with Crippen LogP contribution in [-0.2, 0) is 11.3 Å². The van der Waals surface area contributed by atoms with Crippen molar-refractivity contribution < 1.29 is 9.59 Å². The van der Waals surface area contributed by atoms with E-state index in [9.17, 15) is 9.59 Å². The molecule has 0 saturated carbocycles. The van der Waals surface area contributed by atoms with Gasteiger partial charge in [-0.25, -0.2) is 0 Å². The average Bonchev–Trinajstić information content (AvgIpc) is 2.65. The number of carbonyl (C=O) groups excluding carboxylic acids is 2. The lowest BCUT2D eigenvalue weighted by atomic mass is 10.1. The van der Waals surface area contributed by atoms with Gasteiger partial charge in [-0.3, -0.25) is 9.59 Å². The van der Waals surface area contributed by atoms with Crippen molar-refractivity contribution in [1.82, 2.24) is 4.90 Å². The second kappa shape index (κ2) is 5.40. The third-order valence-corrected chi connectivity index (χ3v) is 3.72. The summed E-state index contributed by atoms with van der Waals surface area (Å²) in [7, 11) is 1.75. The molecule has 0 spiro atoms. The van der Waals surface area contributed by atoms with Gasteiger partial charge in [-0.1, -0.05) is 36.4 Å². The monoisotopic (exact) mass is 280 g/mol. The van der Waals surface area contributed by atoms with E-state index in [0.29, 0.717) is 12.1 Å². The molecule has 2 amide bonds. The molecule has 4 heteroatoms. The lowest BCUT2D eigenvalue weighted by Gasteiger charge is -2.20. The molecule has 0 aliphatic carbocycles. The maximum absolute atomic E-state index is 12.6. The van der Waals surface area contributed by atoms with Crippen LogP contribution in [0.4, 0.5) is 5.69 Å². The lowest BCUT2D eigenvalue weighted by molar-refractivity contribution is -0.118. The SMILES string of the molecule is CN1C(=O)CN(C(=O)c2ccccc2)Cc2ccccc21. The first-order valence-corrected chi connectivity index (χ1v) is 6.85. The highest BCUT2D eigenvalue weighted by atomic mass is 16.2. The summed E-state index contributed by atoms with van der Waals surface area (Å²) in [5, 5.41) is 0. The van der Waals surface area contributed by atoms with Crippen molar-refractivity contribution in [2.75, 3.05) is 18.5 Å². The minimum Gasteiger partial charge on any atom is -0.325 e. The minimum absolute atomic E-state index is 0.0794. The Hall–Kier alpha value is -2.62. The number of rotatable bonds is 1. The summed E-state index contributed by atoms with van der Waals surface area (Å²) in [5.74, 6) is -0.196. The molecular formula is C17H16N2O2. The van der Waals surface area contributed by atoms with Gasteiger partial charge in [-0.15, -0.1) is 0 Å². The van der Waals surface area contributed by atoms with E-state index in [1.54, 1.807) is 29.0 Å². The van der Waals surface area contributed by atoms with Crippen LogP contribution in [0.2, 0.25) is 0 Å². The Kier molecular flexibility index (Phi) is 3.44. The molecule has 1 aliphatic heterocycles. The topological polar surface area (TPSA) is 40.6 Å². The van der Waals surface area contributed by atoms with Crippen molar-refractivity contribution in [3.63, 3.8) is 0 Å². The summed E-state index contributed by atoms with van der Waals surface area (Å²) in [5.41, 5.74) is 2.45. The van der Waals surface area contributed by atoms with Crippen molar-refractivity contribution >= 4 is 17.5 Å². The van der Waals surface area contributed by atoms with E-state index in [1.165, 1.54) is 0 Å². The summed E-state index contributed by atoms with van der Waals surface area (Å²) >= 11 is 0. The van der Waals surface area contributed by atoms with E-state index in [4.69, 9.17) is 0 Å². The van der Waals surface area contributed by atoms with Gasteiger partial charge in [0, 0.05) is 24.8 Å². The van der Waals surface area contributed by atoms with Gasteiger partial charge in [0.2, 0.25) is 5.91 Å². The van der Waals surface area contributed by atoms with E-state index in [2.05, 4.69) is 0 Å². The number of nitrogens with zero attached hydrogens (tertiary/aromatic N) is 2. The van der Waals surface area contributed by atoms with Crippen LogP contribution in [0, 0.1) is 0 Å². The van der Waals surface area contributed by atoms with Gasteiger partial charge in [0.05, 0.1) is 0 Å². The largest absolute Gasteiger partial charge is 0.325 e. The first-order chi connectivity index (χ1) is 10.2. The van der Waals surface area contributed by atoms with E-state index in [0.717, 1.165) is 11.3 Å². The van der Waals surface area contributed by atoms with Crippen LogP contribution >= 0.6 is 0 Å². The number of likely N-dealkylation sites (N-methyl/N-ethyl adjacent to an activating group) is 1. The molecule has 0 N–H and O–H groups in total. The Morgan fingerprint density at radius 2 is 1.62 bits per heavy atom. The summed E-state index contributed by atoms with van der Waals surface area (Å²) < 4.78 is 0. The Bertz CT molecular complexity index is 682. The number of carbonyl (C=O) groups is 2. The fourth-order valence-corrected chi connectivity index (χ4v) is 2.54. The summed E-state index contributed by atoms with van der Waals surface area (Å²) in [6.45, 7) is 0.541. The molecule has 4 nitrogen and oxygen atoms in total. The van der Waals surface area contributed by atoms with E-state index < -0.39 is 0 Å². The number of amides is 2. The van der Waals surface area contributed by atoms with Crippen LogP contribution in [0.5, 0.6) is 0 Å². The highest BCUT2D eigenvalue weighted by Gasteiger charge is 2.26. The fraction of sp³-hybridized carbons (Fsp3) is 0.176. The zero-order valence-electron chi connectivity index (χ0n) is 11.8. The van der Waals surface area contributed by atoms with Crippen LogP contribution in [0.25, 0.3) is 0 Å². The first kappa shape index (κ1) is 13.4. The second-order valence-electron chi connectivity index (χ2n) is 5.11. The van der Waals surface area contributed by atoms with Gasteiger partial charge in [0.1, 0.15) is 6.54 Å². The normalized spacial score (nSPS) is 14.6. The average molecular weight is 280 g/mol. The molecule has 2 aromatic carbocycles. The van der Waals surface area contributed by atoms with Crippen molar-refractivity contribution in [3.05, 3.63) is 65.7 Å². The number of fused-ring (bicyclic) bond motifs is 1. The number of para-hydroxylation sites is 1. The molecule has 106 valence electrons. The lowest BCUT2D eigenvalue weighted by Crippen LogP contribution is -2.38. The quantitative estimate of drug-likeness (QED) is 0.804. The Morgan fingerprint density at radius 3 is 2.38 bits per heavy atom. The highest BCUT2D eigenvalue weighted by molar-refractivity contribution is 6.01. The van der Waals surface area contributed by atoms with Crippen molar-refractivity contribution in [2.24, 2.45) is 0 Å². The van der Waals surface area contributed by atoms with Gasteiger partial charge in [0.15, 0.2) is 0 Å². The van der Waals surface area contributed by atoms with Crippen LogP contribution in [0.3, 0.4) is 0 Å². The number of hydrogen-bond acceptors (Lipinski definition) is 2. The van der Waals surface area contributed by atoms with E-state index in [1.807, 2.05) is 42.5 Å². The van der Waals surface area contributed by atoms with Crippen molar-refractivity contribution in [1.29, 1.82) is 0 Å². The van der Waals surface area contributed by atoms with E-state index >= 15 is 0 Å². The maximum atomic E-state index is 12.6. The first-order valence-electron chi connectivity index (χ1n) is 6.85. The standard InChI is InChI=1S/C17H16N2O2/c1-18-15-10-6-5-9-14(15)11-19(12-16(18)20)17(21)13-7-3-2-4-8-13/h2-10H,11-12H2,1H3. The smallest absolute Gasteiger partial charge is 0.254 e. The molecule has 0 fully saturated rings. The van der Waals surface area contributed by atoms with Crippen LogP contribution in [-0.4, -0.2) is 30.3 Å². The third-order valence-electron chi connectivity index (χ3n) is 3.72. The molecule has 3 rings (SSSR count). The molecule has 1 heterocycles. The Balaban J connectivity index is 1.95. The molecule has 0 aromatic heterocycles. The highest BCUT2D eigenvalue weighted by Crippen LogP contribution is 2.25. The molecule has 0 saturated heterocycles. The minimum atomic E-state index is -0.117. The maximum Gasteiger partial charge on any atom is 0.254 e. The van der Waals surface area contributed by atoms with Gasteiger partial charge in [0.25, 0.3) is 5.91 Å². The number of anilines is 1. The van der Waals surface area contributed by atoms with Crippen LogP contribution in [0.15, 0.2) is 54.6 Å². The summed E-state index contributed by atoms with van der Waals surface area (Å²) in [4.78, 5) is 28.0. The molecule has 1 aliphatic rings. The molecular weight excluding hydrogens is 264 g/mol. The van der Waals surface area contributed by atoms with Crippen molar-refractivity contribution in [2.45, 2.75) is 6.54 Å². The zero-order valence-corrected chi connectivity index (χ0v) is 11.8. The van der Waals surface area contributed by atoms with Gasteiger partial charge in [-0.2, -0.15) is 0 Å². The fourth-order valence-electron chi connectivity index (χ4n) is 2.54. The van der Waals surface area contributed by atoms with Gasteiger partial charge in [-0.05, 0) is 23.8 Å². The zero-order chi connectivity index (χ0) is 14.8. The molecule has 2 aromatic rings. The molecule has 21 heavy (non-hydrogen) atoms. The van der Waals surface area contributed by atoms with Gasteiger partial charge >= 0.3 is 0 Å². The Morgan fingerprint density at radius 1 is 0.952 bits per heavy atom. The summed E-state index contributed by atoms with van der Waals surface area (Å²) in [6, 6.07) is 16.7. The molecule has 0 atom stereocenters. The van der Waals surface area contributed by atoms with Crippen LogP contribution < -0.4 is 4.90 Å². The second-order valence-corrected chi connectivity index (χ2v) is 5.11. The molecule has 0 radical (unpaired) electrons. The summed E-state index contributed by atoms with van der Waals surface area (Å²) in [6.07, 6.45) is 0. The Labute approximate surface area is 123 Å². The van der Waals surface area contributed by atoms with Crippen LogP contribution in [0.1, 0.15) is 15.9 Å². The van der Waals surface area contributed by atoms with Gasteiger partial charge < -0.3 is 9.80 Å². The third kappa shape index (κ3) is 2.52. The molecule has 0 unspecified atom stereocenters. The predicted octanol–water partition coefficient (Wildman–Crippen LogP) is 2.31. The van der Waals surface area contributed by atoms with Crippen molar-refractivity contribution in [3.8, 4) is 0 Å².